The number of fused-ring (bicyclic) bond motifs is 4. The van der Waals surface area contributed by atoms with E-state index in [1.54, 1.807) is 0 Å². The molecule has 0 spiro atoms. The predicted octanol–water partition coefficient (Wildman–Crippen LogP) is 6.94. The van der Waals surface area contributed by atoms with Gasteiger partial charge in [0.15, 0.2) is 11.6 Å². The third kappa shape index (κ3) is 4.87. The van der Waals surface area contributed by atoms with Crippen molar-refractivity contribution in [1.29, 1.82) is 0 Å². The molecule has 0 aliphatic rings. The topological polar surface area (TPSA) is 96.4 Å². The lowest BCUT2D eigenvalue weighted by atomic mass is 10.2. The summed E-state index contributed by atoms with van der Waals surface area (Å²) in [4.78, 5) is 29.5. The van der Waals surface area contributed by atoms with Gasteiger partial charge in [-0.3, -0.25) is 0 Å². The minimum atomic E-state index is 0.504. The Kier molecular flexibility index (Phi) is 6.72. The van der Waals surface area contributed by atoms with Crippen LogP contribution in [0.2, 0.25) is 0 Å². The average Bonchev–Trinajstić information content (AvgIpc) is 3.62. The summed E-state index contributed by atoms with van der Waals surface area (Å²) in [6.45, 7) is 6.23. The van der Waals surface area contributed by atoms with Gasteiger partial charge in [-0.1, -0.05) is 48.5 Å². The predicted molar refractivity (Wildman–Crippen MR) is 177 cm³/mol. The second kappa shape index (κ2) is 11.2. The second-order valence-electron chi connectivity index (χ2n) is 11.1. The molecule has 9 nitrogen and oxygen atoms in total. The zero-order valence-electron chi connectivity index (χ0n) is 25.1. The molecule has 8 rings (SSSR count). The number of rotatable bonds is 8. The highest BCUT2D eigenvalue weighted by Crippen LogP contribution is 2.28. The summed E-state index contributed by atoms with van der Waals surface area (Å²) in [7, 11) is 0. The van der Waals surface area contributed by atoms with Gasteiger partial charge >= 0.3 is 0 Å². The largest absolute Gasteiger partial charge is 0.378 e. The van der Waals surface area contributed by atoms with E-state index in [1.165, 1.54) is 0 Å². The fraction of sp³-hybridized carbons (Fsp3) is 0.167. The number of aromatic nitrogens is 8. The molecule has 220 valence electrons. The Morgan fingerprint density at radius 2 is 0.800 bits per heavy atom. The maximum atomic E-state index is 6.29. The number of para-hydroxylation sites is 8. The number of ether oxygens (including phenoxy) is 1. The molecule has 0 fully saturated rings. The van der Waals surface area contributed by atoms with Gasteiger partial charge in [-0.05, 0) is 62.4 Å². The Morgan fingerprint density at radius 1 is 0.444 bits per heavy atom. The molecule has 0 saturated heterocycles. The molecule has 45 heavy (non-hydrogen) atoms. The lowest BCUT2D eigenvalue weighted by molar-refractivity contribution is 0.120. The van der Waals surface area contributed by atoms with Gasteiger partial charge in [-0.2, -0.15) is 0 Å². The second-order valence-corrected chi connectivity index (χ2v) is 11.1. The van der Waals surface area contributed by atoms with Crippen LogP contribution in [0.15, 0.2) is 97.1 Å². The molecule has 4 heterocycles. The van der Waals surface area contributed by atoms with Crippen molar-refractivity contribution in [2.75, 3.05) is 13.2 Å². The van der Waals surface area contributed by atoms with Crippen molar-refractivity contribution in [3.63, 3.8) is 0 Å². The fourth-order valence-corrected chi connectivity index (χ4v) is 5.98. The van der Waals surface area contributed by atoms with Crippen molar-refractivity contribution in [3.05, 3.63) is 108 Å². The van der Waals surface area contributed by atoms with Crippen LogP contribution in [-0.4, -0.2) is 52.3 Å². The first-order valence-corrected chi connectivity index (χ1v) is 15.1. The quantitative estimate of drug-likeness (QED) is 0.177. The molecule has 9 heteroatoms. The monoisotopic (exact) mass is 590 g/mol. The molecule has 0 bridgehead atoms. The summed E-state index contributed by atoms with van der Waals surface area (Å²) in [6, 6.07) is 32.2. The number of imidazole rings is 2. The highest BCUT2D eigenvalue weighted by molar-refractivity contribution is 5.84. The van der Waals surface area contributed by atoms with E-state index >= 15 is 0 Å². The van der Waals surface area contributed by atoms with Crippen LogP contribution in [-0.2, 0) is 17.8 Å². The molecule has 0 saturated carbocycles. The normalized spacial score (nSPS) is 11.8. The van der Waals surface area contributed by atoms with Crippen LogP contribution < -0.4 is 0 Å². The summed E-state index contributed by atoms with van der Waals surface area (Å²) < 4.78 is 10.7. The van der Waals surface area contributed by atoms with Gasteiger partial charge in [0.05, 0.1) is 68.7 Å². The Balaban J connectivity index is 1.06. The first-order valence-electron chi connectivity index (χ1n) is 15.1. The summed E-state index contributed by atoms with van der Waals surface area (Å²) in [6.07, 6.45) is 0. The first-order chi connectivity index (χ1) is 22.1. The summed E-state index contributed by atoms with van der Waals surface area (Å²) in [5.41, 5.74) is 10.6. The van der Waals surface area contributed by atoms with E-state index in [9.17, 15) is 0 Å². The minimum absolute atomic E-state index is 0.504. The smallest absolute Gasteiger partial charge is 0.161 e. The van der Waals surface area contributed by atoms with Gasteiger partial charge in [-0.15, -0.1) is 0 Å². The van der Waals surface area contributed by atoms with Gasteiger partial charge in [0, 0.05) is 13.1 Å². The molecule has 0 amide bonds. The van der Waals surface area contributed by atoms with Crippen LogP contribution in [0.25, 0.3) is 67.2 Å². The SMILES string of the molecule is Cc1nc2ccccc2nc1-c1nc2ccccc2n1CCOCCn1c(-c2nc3ccccc3nc2C)nc2ccccc21. The van der Waals surface area contributed by atoms with Crippen LogP contribution in [0.4, 0.5) is 0 Å². The van der Waals surface area contributed by atoms with E-state index in [-0.39, 0.29) is 0 Å². The van der Waals surface area contributed by atoms with Crippen LogP contribution in [0, 0.1) is 13.8 Å². The standard InChI is InChI=1S/C36H30N8O/c1-23-33(39-27-13-5-3-11-25(27)37-23)35-41-29-15-7-9-17-31(29)43(35)19-21-45-22-20-44-32-18-10-8-16-30(32)42-36(44)34-24(2)38-26-12-4-6-14-28(26)40-34/h3-18H,19-22H2,1-2H3. The molecule has 0 unspecified atom stereocenters. The third-order valence-electron chi connectivity index (χ3n) is 8.14. The lowest BCUT2D eigenvalue weighted by Crippen LogP contribution is -2.13. The zero-order valence-corrected chi connectivity index (χ0v) is 25.1. The first kappa shape index (κ1) is 27.0. The lowest BCUT2D eigenvalue weighted by Gasteiger charge is -2.13. The Bertz CT molecular complexity index is 2190. The number of nitrogens with zero attached hydrogens (tertiary/aromatic N) is 8. The minimum Gasteiger partial charge on any atom is -0.378 e. The van der Waals surface area contributed by atoms with Crippen LogP contribution >= 0.6 is 0 Å². The van der Waals surface area contributed by atoms with Gasteiger partial charge in [0.2, 0.25) is 0 Å². The summed E-state index contributed by atoms with van der Waals surface area (Å²) in [5, 5.41) is 0. The number of benzene rings is 4. The average molecular weight is 591 g/mol. The molecular weight excluding hydrogens is 560 g/mol. The molecule has 0 atom stereocenters. The van der Waals surface area contributed by atoms with Gasteiger partial charge in [-0.25, -0.2) is 29.9 Å². The molecule has 0 radical (unpaired) electrons. The van der Waals surface area contributed by atoms with Crippen molar-refractivity contribution in [2.45, 2.75) is 26.9 Å². The van der Waals surface area contributed by atoms with E-state index in [2.05, 4.69) is 21.3 Å². The van der Waals surface area contributed by atoms with Crippen molar-refractivity contribution in [1.82, 2.24) is 39.0 Å². The number of aryl methyl sites for hydroxylation is 2. The van der Waals surface area contributed by atoms with E-state index in [0.29, 0.717) is 26.3 Å². The summed E-state index contributed by atoms with van der Waals surface area (Å²) >= 11 is 0. The van der Waals surface area contributed by atoms with E-state index in [0.717, 1.165) is 78.6 Å². The Hall–Kier alpha value is -5.54. The Morgan fingerprint density at radius 3 is 1.22 bits per heavy atom. The maximum absolute atomic E-state index is 6.29. The van der Waals surface area contributed by atoms with Crippen LogP contribution in [0.3, 0.4) is 0 Å². The maximum Gasteiger partial charge on any atom is 0.161 e. The molecule has 0 aliphatic carbocycles. The zero-order chi connectivity index (χ0) is 30.3. The molecular formula is C36H30N8O. The van der Waals surface area contributed by atoms with Crippen molar-refractivity contribution < 1.29 is 4.74 Å². The third-order valence-corrected chi connectivity index (χ3v) is 8.14. The molecule has 4 aromatic carbocycles. The van der Waals surface area contributed by atoms with Crippen molar-refractivity contribution in [3.8, 4) is 23.0 Å². The highest BCUT2D eigenvalue weighted by Gasteiger charge is 2.19. The molecule has 0 N–H and O–H groups in total. The highest BCUT2D eigenvalue weighted by atomic mass is 16.5. The van der Waals surface area contributed by atoms with E-state index in [4.69, 9.17) is 34.6 Å². The van der Waals surface area contributed by atoms with Crippen LogP contribution in [0.5, 0.6) is 0 Å². The van der Waals surface area contributed by atoms with Crippen molar-refractivity contribution in [2.24, 2.45) is 0 Å². The van der Waals surface area contributed by atoms with Gasteiger partial charge < -0.3 is 13.9 Å². The van der Waals surface area contributed by atoms with E-state index in [1.807, 2.05) is 98.8 Å². The molecule has 0 aliphatic heterocycles. The van der Waals surface area contributed by atoms with E-state index < -0.39 is 0 Å². The molecule has 4 aromatic heterocycles. The number of hydrogen-bond donors (Lipinski definition) is 0. The number of hydrogen-bond acceptors (Lipinski definition) is 7. The molecule has 8 aromatic rings. The van der Waals surface area contributed by atoms with Crippen LogP contribution in [0.1, 0.15) is 11.4 Å². The summed E-state index contributed by atoms with van der Waals surface area (Å²) in [5.74, 6) is 1.59. The fourth-order valence-electron chi connectivity index (χ4n) is 5.98. The van der Waals surface area contributed by atoms with Gasteiger partial charge in [0.25, 0.3) is 0 Å². The Labute approximate surface area is 259 Å². The van der Waals surface area contributed by atoms with Gasteiger partial charge in [0.1, 0.15) is 11.4 Å². The van der Waals surface area contributed by atoms with Crippen molar-refractivity contribution >= 4 is 44.1 Å².